The number of nitrogens with one attached hydrogen (secondary N) is 1. The first-order chi connectivity index (χ1) is 10.6. The highest BCUT2D eigenvalue weighted by Gasteiger charge is 2.06. The molecule has 112 valence electrons. The average Bonchev–Trinajstić information content (AvgIpc) is 3.00. The Labute approximate surface area is 127 Å². The van der Waals surface area contributed by atoms with Crippen LogP contribution in [0.25, 0.3) is 0 Å². The minimum absolute atomic E-state index is 0.161. The molecule has 0 spiro atoms. The number of hydrogen-bond acceptors (Lipinski definition) is 4. The summed E-state index contributed by atoms with van der Waals surface area (Å²) in [5, 5.41) is 8.69. The molecule has 0 saturated heterocycles. The van der Waals surface area contributed by atoms with Crippen LogP contribution in [0.5, 0.6) is 0 Å². The van der Waals surface area contributed by atoms with Crippen LogP contribution in [0.4, 0.5) is 0 Å². The van der Waals surface area contributed by atoms with E-state index in [-0.39, 0.29) is 24.8 Å². The van der Waals surface area contributed by atoms with E-state index in [0.717, 1.165) is 5.56 Å². The monoisotopic (exact) mass is 298 g/mol. The second-order valence-corrected chi connectivity index (χ2v) is 4.40. The van der Waals surface area contributed by atoms with E-state index in [1.165, 1.54) is 6.20 Å². The summed E-state index contributed by atoms with van der Waals surface area (Å²) in [6.45, 7) is 0.246. The van der Waals surface area contributed by atoms with E-state index >= 15 is 0 Å². The largest absolute Gasteiger partial charge is 0.475 e. The molecule has 0 atom stereocenters. The third-order valence-electron chi connectivity index (χ3n) is 2.70. The van der Waals surface area contributed by atoms with Crippen LogP contribution in [0.3, 0.4) is 0 Å². The van der Waals surface area contributed by atoms with Crippen molar-refractivity contribution in [2.24, 2.45) is 0 Å². The van der Waals surface area contributed by atoms with Crippen LogP contribution < -0.4 is 0 Å². The highest BCUT2D eigenvalue weighted by atomic mass is 16.5. The second kappa shape index (κ2) is 7.64. The van der Waals surface area contributed by atoms with Crippen molar-refractivity contribution < 1.29 is 19.4 Å². The second-order valence-electron chi connectivity index (χ2n) is 4.40. The first-order valence-corrected chi connectivity index (χ1v) is 6.62. The summed E-state index contributed by atoms with van der Waals surface area (Å²) >= 11 is 0. The van der Waals surface area contributed by atoms with E-state index in [9.17, 15) is 9.59 Å². The molecule has 0 aliphatic heterocycles. The van der Waals surface area contributed by atoms with E-state index in [1.807, 2.05) is 30.3 Å². The molecule has 2 rings (SSSR count). The van der Waals surface area contributed by atoms with Gasteiger partial charge in [-0.2, -0.15) is 0 Å². The molecule has 0 aliphatic rings. The topological polar surface area (TPSA) is 92.3 Å². The highest BCUT2D eigenvalue weighted by molar-refractivity contribution is 5.83. The molecule has 0 unspecified atom stereocenters. The van der Waals surface area contributed by atoms with Crippen molar-refractivity contribution in [1.29, 1.82) is 0 Å². The zero-order chi connectivity index (χ0) is 15.8. The number of benzene rings is 1. The molecule has 0 bridgehead atoms. The van der Waals surface area contributed by atoms with Crippen molar-refractivity contribution in [1.82, 2.24) is 9.97 Å². The summed E-state index contributed by atoms with van der Waals surface area (Å²) < 4.78 is 5.11. The van der Waals surface area contributed by atoms with Crippen LogP contribution in [-0.2, 0) is 16.1 Å². The van der Waals surface area contributed by atoms with Gasteiger partial charge in [-0.1, -0.05) is 36.3 Å². The van der Waals surface area contributed by atoms with Crippen molar-refractivity contribution >= 4 is 11.9 Å². The number of aromatic nitrogens is 2. The van der Waals surface area contributed by atoms with Gasteiger partial charge in [0.05, 0.1) is 12.6 Å². The number of carboxylic acids is 1. The van der Waals surface area contributed by atoms with Crippen LogP contribution in [0.1, 0.15) is 34.7 Å². The van der Waals surface area contributed by atoms with Gasteiger partial charge in [0.1, 0.15) is 12.3 Å². The van der Waals surface area contributed by atoms with E-state index in [0.29, 0.717) is 12.1 Å². The van der Waals surface area contributed by atoms with Crippen molar-refractivity contribution in [3.8, 4) is 11.8 Å². The van der Waals surface area contributed by atoms with Gasteiger partial charge in [0.15, 0.2) is 0 Å². The molecule has 0 saturated carbocycles. The average molecular weight is 298 g/mol. The molecular formula is C16H14N2O4. The fourth-order valence-corrected chi connectivity index (χ4v) is 1.63. The summed E-state index contributed by atoms with van der Waals surface area (Å²) in [6, 6.07) is 9.41. The zero-order valence-corrected chi connectivity index (χ0v) is 11.7. The van der Waals surface area contributed by atoms with E-state index in [2.05, 4.69) is 21.8 Å². The number of carboxylic acid groups (broad SMARTS) is 1. The van der Waals surface area contributed by atoms with E-state index in [4.69, 9.17) is 9.84 Å². The lowest BCUT2D eigenvalue weighted by atomic mass is 10.2. The first kappa shape index (κ1) is 15.3. The Hall–Kier alpha value is -3.07. The van der Waals surface area contributed by atoms with E-state index in [1.54, 1.807) is 0 Å². The summed E-state index contributed by atoms with van der Waals surface area (Å²) in [6.07, 6.45) is 1.85. The lowest BCUT2D eigenvalue weighted by Crippen LogP contribution is -2.03. The predicted molar refractivity (Wildman–Crippen MR) is 77.9 cm³/mol. The van der Waals surface area contributed by atoms with Gasteiger partial charge >= 0.3 is 11.9 Å². The third kappa shape index (κ3) is 4.80. The van der Waals surface area contributed by atoms with Gasteiger partial charge in [0.25, 0.3) is 0 Å². The van der Waals surface area contributed by atoms with Gasteiger partial charge in [-0.05, 0) is 11.5 Å². The Morgan fingerprint density at radius 3 is 2.73 bits per heavy atom. The number of aromatic amines is 1. The number of carbonyl (C=O) groups is 2. The molecule has 2 aromatic rings. The van der Waals surface area contributed by atoms with Crippen molar-refractivity contribution in [3.63, 3.8) is 0 Å². The van der Waals surface area contributed by atoms with Crippen molar-refractivity contribution in [3.05, 3.63) is 53.6 Å². The summed E-state index contributed by atoms with van der Waals surface area (Å²) in [7, 11) is 0. The van der Waals surface area contributed by atoms with Crippen LogP contribution in [0.2, 0.25) is 0 Å². The predicted octanol–water partition coefficient (Wildman–Crippen LogP) is 1.98. The summed E-state index contributed by atoms with van der Waals surface area (Å²) in [5.41, 5.74) is 1.33. The molecule has 1 aromatic carbocycles. The first-order valence-electron chi connectivity index (χ1n) is 6.62. The van der Waals surface area contributed by atoms with Gasteiger partial charge in [-0.25, -0.2) is 9.78 Å². The number of nitrogens with zero attached hydrogens (tertiary/aromatic N) is 1. The Bertz CT molecular complexity index is 710. The molecule has 0 fully saturated rings. The van der Waals surface area contributed by atoms with Gasteiger partial charge in [0, 0.05) is 6.42 Å². The normalized spacial score (nSPS) is 9.64. The number of hydrogen-bond donors (Lipinski definition) is 2. The molecule has 22 heavy (non-hydrogen) atoms. The Morgan fingerprint density at radius 1 is 1.27 bits per heavy atom. The number of aromatic carboxylic acids is 1. The molecule has 1 heterocycles. The number of ether oxygens (including phenoxy) is 1. The molecule has 1 aromatic heterocycles. The van der Waals surface area contributed by atoms with Crippen LogP contribution in [-0.4, -0.2) is 27.0 Å². The van der Waals surface area contributed by atoms with Gasteiger partial charge in [-0.15, -0.1) is 0 Å². The minimum atomic E-state index is -1.14. The minimum Gasteiger partial charge on any atom is -0.475 e. The number of H-pyrrole nitrogens is 1. The van der Waals surface area contributed by atoms with E-state index < -0.39 is 5.97 Å². The van der Waals surface area contributed by atoms with Crippen LogP contribution in [0.15, 0.2) is 36.5 Å². The maximum absolute atomic E-state index is 11.5. The molecule has 0 radical (unpaired) electrons. The van der Waals surface area contributed by atoms with Crippen LogP contribution >= 0.6 is 0 Å². The number of esters is 1. The lowest BCUT2D eigenvalue weighted by molar-refractivity contribution is -0.144. The zero-order valence-electron chi connectivity index (χ0n) is 11.7. The summed E-state index contributed by atoms with van der Waals surface area (Å²) in [4.78, 5) is 28.3. The van der Waals surface area contributed by atoms with Crippen LogP contribution in [0, 0.1) is 11.8 Å². The Balaban J connectivity index is 1.73. The fourth-order valence-electron chi connectivity index (χ4n) is 1.63. The molecule has 2 N–H and O–H groups in total. The number of imidazole rings is 1. The quantitative estimate of drug-likeness (QED) is 0.650. The van der Waals surface area contributed by atoms with Gasteiger partial charge in [0.2, 0.25) is 5.82 Å². The Kier molecular flexibility index (Phi) is 5.32. The lowest BCUT2D eigenvalue weighted by Gasteiger charge is -2.02. The number of rotatable bonds is 5. The molecular weight excluding hydrogens is 284 g/mol. The third-order valence-corrected chi connectivity index (χ3v) is 2.70. The maximum atomic E-state index is 11.5. The molecule has 6 nitrogen and oxygen atoms in total. The Morgan fingerprint density at radius 2 is 2.05 bits per heavy atom. The smallest absolute Gasteiger partial charge is 0.371 e. The SMILES string of the molecule is O=C(CCC#Cc1cnc(C(=O)O)[nH]1)OCc1ccccc1. The number of carbonyl (C=O) groups excluding carboxylic acids is 1. The van der Waals surface area contributed by atoms with Gasteiger partial charge in [-0.3, -0.25) is 4.79 Å². The molecule has 6 heteroatoms. The summed E-state index contributed by atoms with van der Waals surface area (Å²) in [5.74, 6) is 3.85. The standard InChI is InChI=1S/C16H14N2O4/c19-14(22-11-12-6-2-1-3-7-12)9-5-4-8-13-10-17-15(18-13)16(20)21/h1-3,6-7,10H,5,9,11H2,(H,17,18)(H,20,21). The van der Waals surface area contributed by atoms with Crippen molar-refractivity contribution in [2.75, 3.05) is 0 Å². The van der Waals surface area contributed by atoms with Gasteiger partial charge < -0.3 is 14.8 Å². The molecule has 0 aliphatic carbocycles. The van der Waals surface area contributed by atoms with Crippen molar-refractivity contribution in [2.45, 2.75) is 19.4 Å². The fraction of sp³-hybridized carbons (Fsp3) is 0.188. The maximum Gasteiger partial charge on any atom is 0.371 e. The highest BCUT2D eigenvalue weighted by Crippen LogP contribution is 2.02. The molecule has 0 amide bonds.